The van der Waals surface area contributed by atoms with Gasteiger partial charge in [-0.25, -0.2) is 0 Å². The molecule has 1 aromatic heterocycles. The van der Waals surface area contributed by atoms with Crippen LogP contribution < -0.4 is 4.74 Å². The lowest BCUT2D eigenvalue weighted by molar-refractivity contribution is 0.104. The number of carbonyl (C=O) groups is 1. The number of hydrogen-bond donors (Lipinski definition) is 1. The molecular weight excluding hydrogens is 266 g/mol. The summed E-state index contributed by atoms with van der Waals surface area (Å²) < 4.78 is 5.28. The molecule has 4 nitrogen and oxygen atoms in total. The number of carbonyl (C=O) groups excluding carboxylic acids is 1. The van der Waals surface area contributed by atoms with Gasteiger partial charge in [0.15, 0.2) is 5.78 Å². The van der Waals surface area contributed by atoms with Gasteiger partial charge in [-0.05, 0) is 35.9 Å². The summed E-state index contributed by atoms with van der Waals surface area (Å²) in [5.74, 6) is 0.0872. The molecule has 0 bridgehead atoms. The molecule has 0 radical (unpaired) electrons. The Bertz CT molecular complexity index is 663. The number of pyridine rings is 1. The van der Waals surface area contributed by atoms with Gasteiger partial charge in [0, 0.05) is 18.5 Å². The number of rotatable bonds is 6. The van der Waals surface area contributed by atoms with Crippen molar-refractivity contribution in [1.29, 1.82) is 0 Å². The van der Waals surface area contributed by atoms with Gasteiger partial charge < -0.3 is 9.84 Å². The summed E-state index contributed by atoms with van der Waals surface area (Å²) in [6.45, 7) is 3.88. The highest BCUT2D eigenvalue weighted by Gasteiger charge is 2.09. The highest BCUT2D eigenvalue weighted by molar-refractivity contribution is 6.08. The van der Waals surface area contributed by atoms with E-state index in [1.54, 1.807) is 36.7 Å². The second kappa shape index (κ2) is 7.05. The Balaban J connectivity index is 2.12. The van der Waals surface area contributed by atoms with Crippen LogP contribution in [0.5, 0.6) is 11.5 Å². The number of phenolic OH excluding ortho intramolecular Hbond substituents is 1. The van der Waals surface area contributed by atoms with Crippen molar-refractivity contribution in [1.82, 2.24) is 4.98 Å². The SMILES string of the molecule is C=CCOc1ccc(C(=O)C=Cc2cccnc2)c(O)c1. The predicted octanol–water partition coefficient (Wildman–Crippen LogP) is 3.25. The Morgan fingerprint density at radius 1 is 1.38 bits per heavy atom. The van der Waals surface area contributed by atoms with Crippen molar-refractivity contribution in [2.24, 2.45) is 0 Å². The fraction of sp³-hybridized carbons (Fsp3) is 0.0588. The van der Waals surface area contributed by atoms with E-state index < -0.39 is 0 Å². The molecule has 0 saturated heterocycles. The van der Waals surface area contributed by atoms with E-state index in [1.165, 1.54) is 18.2 Å². The van der Waals surface area contributed by atoms with Crippen LogP contribution in [0.25, 0.3) is 6.08 Å². The van der Waals surface area contributed by atoms with Crippen molar-refractivity contribution >= 4 is 11.9 Å². The number of benzene rings is 1. The summed E-state index contributed by atoms with van der Waals surface area (Å²) in [6.07, 6.45) is 7.96. The zero-order valence-electron chi connectivity index (χ0n) is 11.4. The van der Waals surface area contributed by atoms with Crippen molar-refractivity contribution < 1.29 is 14.6 Å². The fourth-order valence-corrected chi connectivity index (χ4v) is 1.70. The number of aromatic hydroxyl groups is 1. The summed E-state index contributed by atoms with van der Waals surface area (Å²) in [6, 6.07) is 8.20. The maximum atomic E-state index is 12.0. The van der Waals surface area contributed by atoms with Crippen LogP contribution in [-0.2, 0) is 0 Å². The van der Waals surface area contributed by atoms with Crippen molar-refractivity contribution in [3.8, 4) is 11.5 Å². The monoisotopic (exact) mass is 281 g/mol. The van der Waals surface area contributed by atoms with Crippen LogP contribution in [-0.4, -0.2) is 22.5 Å². The Morgan fingerprint density at radius 2 is 2.24 bits per heavy atom. The van der Waals surface area contributed by atoms with Gasteiger partial charge in [-0.2, -0.15) is 0 Å². The van der Waals surface area contributed by atoms with Crippen molar-refractivity contribution in [3.63, 3.8) is 0 Å². The van der Waals surface area contributed by atoms with Gasteiger partial charge in [0.1, 0.15) is 18.1 Å². The number of ketones is 1. The molecule has 0 unspecified atom stereocenters. The molecule has 0 fully saturated rings. The van der Waals surface area contributed by atoms with Crippen LogP contribution in [0.4, 0.5) is 0 Å². The quantitative estimate of drug-likeness (QED) is 0.501. The van der Waals surface area contributed by atoms with E-state index in [0.29, 0.717) is 12.4 Å². The molecule has 21 heavy (non-hydrogen) atoms. The van der Waals surface area contributed by atoms with E-state index in [-0.39, 0.29) is 17.1 Å². The van der Waals surface area contributed by atoms with E-state index >= 15 is 0 Å². The van der Waals surface area contributed by atoms with Crippen molar-refractivity contribution in [2.75, 3.05) is 6.61 Å². The lowest BCUT2D eigenvalue weighted by Gasteiger charge is -2.06. The second-order valence-electron chi connectivity index (χ2n) is 4.26. The van der Waals surface area contributed by atoms with E-state index in [0.717, 1.165) is 5.56 Å². The van der Waals surface area contributed by atoms with Crippen LogP contribution in [0.3, 0.4) is 0 Å². The lowest BCUT2D eigenvalue weighted by atomic mass is 10.1. The zero-order chi connectivity index (χ0) is 15.1. The number of allylic oxidation sites excluding steroid dienone is 1. The number of aromatic nitrogens is 1. The van der Waals surface area contributed by atoms with Gasteiger partial charge in [0.25, 0.3) is 0 Å². The highest BCUT2D eigenvalue weighted by atomic mass is 16.5. The van der Waals surface area contributed by atoms with Gasteiger partial charge in [-0.3, -0.25) is 9.78 Å². The van der Waals surface area contributed by atoms with E-state index in [9.17, 15) is 9.90 Å². The van der Waals surface area contributed by atoms with E-state index in [1.807, 2.05) is 6.07 Å². The molecule has 1 N–H and O–H groups in total. The van der Waals surface area contributed by atoms with Gasteiger partial charge in [-0.1, -0.05) is 18.7 Å². The molecule has 0 aliphatic carbocycles. The first-order valence-corrected chi connectivity index (χ1v) is 6.40. The topological polar surface area (TPSA) is 59.4 Å². The summed E-state index contributed by atoms with van der Waals surface area (Å²) in [5, 5.41) is 9.89. The van der Waals surface area contributed by atoms with Crippen LogP contribution in [0.2, 0.25) is 0 Å². The molecule has 0 spiro atoms. The maximum absolute atomic E-state index is 12.0. The number of ether oxygens (including phenoxy) is 1. The van der Waals surface area contributed by atoms with Gasteiger partial charge in [0.2, 0.25) is 0 Å². The molecule has 0 atom stereocenters. The van der Waals surface area contributed by atoms with Crippen LogP contribution in [0.15, 0.2) is 61.5 Å². The maximum Gasteiger partial charge on any atom is 0.189 e. The molecular formula is C17H15NO3. The second-order valence-corrected chi connectivity index (χ2v) is 4.26. The number of hydrogen-bond acceptors (Lipinski definition) is 4. The standard InChI is InChI=1S/C17H15NO3/c1-2-10-21-14-6-7-15(17(20)11-14)16(19)8-5-13-4-3-9-18-12-13/h2-9,11-12,20H,1,10H2. The number of phenols is 1. The molecule has 0 saturated carbocycles. The summed E-state index contributed by atoms with van der Waals surface area (Å²) in [5.41, 5.74) is 1.04. The lowest BCUT2D eigenvalue weighted by Crippen LogP contribution is -1.97. The molecule has 0 aliphatic heterocycles. The molecule has 4 heteroatoms. The van der Waals surface area contributed by atoms with Gasteiger partial charge >= 0.3 is 0 Å². The average Bonchev–Trinajstić information content (AvgIpc) is 2.51. The molecule has 2 rings (SSSR count). The largest absolute Gasteiger partial charge is 0.507 e. The minimum absolute atomic E-state index is 0.114. The van der Waals surface area contributed by atoms with Crippen molar-refractivity contribution in [3.05, 3.63) is 72.6 Å². The zero-order valence-corrected chi connectivity index (χ0v) is 11.4. The van der Waals surface area contributed by atoms with Crippen LogP contribution >= 0.6 is 0 Å². The molecule has 2 aromatic rings. The predicted molar refractivity (Wildman–Crippen MR) is 81.4 cm³/mol. The van der Waals surface area contributed by atoms with E-state index in [4.69, 9.17) is 4.74 Å². The highest BCUT2D eigenvalue weighted by Crippen LogP contribution is 2.24. The summed E-state index contributed by atoms with van der Waals surface area (Å²) in [4.78, 5) is 16.0. The first-order chi connectivity index (χ1) is 10.2. The third-order valence-corrected chi connectivity index (χ3v) is 2.71. The molecule has 1 aromatic carbocycles. The molecule has 1 heterocycles. The average molecular weight is 281 g/mol. The Hall–Kier alpha value is -2.88. The van der Waals surface area contributed by atoms with Gasteiger partial charge in [-0.15, -0.1) is 0 Å². The van der Waals surface area contributed by atoms with Crippen molar-refractivity contribution in [2.45, 2.75) is 0 Å². The minimum Gasteiger partial charge on any atom is -0.507 e. The third kappa shape index (κ3) is 4.04. The third-order valence-electron chi connectivity index (χ3n) is 2.71. The number of nitrogens with zero attached hydrogens (tertiary/aromatic N) is 1. The summed E-state index contributed by atoms with van der Waals surface area (Å²) in [7, 11) is 0. The molecule has 106 valence electrons. The fourth-order valence-electron chi connectivity index (χ4n) is 1.70. The minimum atomic E-state index is -0.286. The Morgan fingerprint density at radius 3 is 2.90 bits per heavy atom. The molecule has 0 aliphatic rings. The Kier molecular flexibility index (Phi) is 4.88. The normalized spacial score (nSPS) is 10.5. The van der Waals surface area contributed by atoms with E-state index in [2.05, 4.69) is 11.6 Å². The van der Waals surface area contributed by atoms with Crippen LogP contribution in [0, 0.1) is 0 Å². The Labute approximate surface area is 123 Å². The first kappa shape index (κ1) is 14.5. The summed E-state index contributed by atoms with van der Waals surface area (Å²) >= 11 is 0. The smallest absolute Gasteiger partial charge is 0.189 e. The molecule has 0 amide bonds. The van der Waals surface area contributed by atoms with Gasteiger partial charge in [0.05, 0.1) is 5.56 Å². The first-order valence-electron chi connectivity index (χ1n) is 6.40. The van der Waals surface area contributed by atoms with Crippen LogP contribution in [0.1, 0.15) is 15.9 Å².